The third kappa shape index (κ3) is 6.21. The molecule has 6 nitrogen and oxygen atoms in total. The Kier molecular flexibility index (Phi) is 7.00. The van der Waals surface area contributed by atoms with E-state index < -0.39 is 0 Å². The molecule has 7 heteroatoms. The van der Waals surface area contributed by atoms with E-state index in [-0.39, 0.29) is 49.5 Å². The second-order valence-corrected chi connectivity index (χ2v) is 6.29. The van der Waals surface area contributed by atoms with Crippen LogP contribution in [0.4, 0.5) is 4.39 Å². The monoisotopic (exact) mass is 396 g/mol. The molecule has 1 heterocycles. The zero-order valence-corrected chi connectivity index (χ0v) is 15.7. The third-order valence-corrected chi connectivity index (χ3v) is 4.10. The Morgan fingerprint density at radius 2 is 1.66 bits per heavy atom. The number of furan rings is 1. The van der Waals surface area contributed by atoms with E-state index in [1.165, 1.54) is 18.4 Å². The van der Waals surface area contributed by atoms with Gasteiger partial charge in [-0.15, -0.1) is 0 Å². The van der Waals surface area contributed by atoms with Crippen molar-refractivity contribution >= 4 is 11.8 Å². The standard InChI is InChI=1S/C22H21FN2O4/c23-18-8-6-16(7-9-18)14-20(26)24-11-12-25-22(27)21-17(10-13-28-21)15-29-19-4-2-1-3-5-19/h1-10,13H,11-12,14-15H2,(H,24,26)(H,25,27). The number of ether oxygens (including phenoxy) is 1. The van der Waals surface area contributed by atoms with Gasteiger partial charge in [0.05, 0.1) is 12.7 Å². The van der Waals surface area contributed by atoms with Crippen molar-refractivity contribution < 1.29 is 23.1 Å². The minimum absolute atomic E-state index is 0.146. The van der Waals surface area contributed by atoms with Gasteiger partial charge in [-0.25, -0.2) is 4.39 Å². The Labute approximate surface area is 167 Å². The molecule has 0 spiro atoms. The maximum absolute atomic E-state index is 12.9. The van der Waals surface area contributed by atoms with Gasteiger partial charge >= 0.3 is 0 Å². The highest BCUT2D eigenvalue weighted by atomic mass is 19.1. The van der Waals surface area contributed by atoms with Crippen molar-refractivity contribution in [3.05, 3.63) is 89.6 Å². The number of rotatable bonds is 9. The molecule has 0 aliphatic heterocycles. The highest BCUT2D eigenvalue weighted by Gasteiger charge is 2.15. The summed E-state index contributed by atoms with van der Waals surface area (Å²) < 4.78 is 23.8. The molecule has 3 rings (SSSR count). The molecule has 0 bridgehead atoms. The number of hydrogen-bond acceptors (Lipinski definition) is 4. The largest absolute Gasteiger partial charge is 0.489 e. The van der Waals surface area contributed by atoms with Gasteiger partial charge in [0.2, 0.25) is 5.91 Å². The molecule has 0 fully saturated rings. The van der Waals surface area contributed by atoms with Crippen LogP contribution in [0, 0.1) is 5.82 Å². The first kappa shape index (κ1) is 20.1. The fourth-order valence-corrected chi connectivity index (χ4v) is 2.63. The highest BCUT2D eigenvalue weighted by Crippen LogP contribution is 2.15. The van der Waals surface area contributed by atoms with Crippen molar-refractivity contribution in [1.29, 1.82) is 0 Å². The molecule has 0 aliphatic carbocycles. The van der Waals surface area contributed by atoms with Crippen molar-refractivity contribution in [3.8, 4) is 5.75 Å². The Bertz CT molecular complexity index is 939. The van der Waals surface area contributed by atoms with Gasteiger partial charge in [0.1, 0.15) is 18.2 Å². The van der Waals surface area contributed by atoms with Crippen molar-refractivity contribution in [2.75, 3.05) is 13.1 Å². The molecule has 2 N–H and O–H groups in total. The predicted molar refractivity (Wildman–Crippen MR) is 105 cm³/mol. The maximum atomic E-state index is 12.9. The van der Waals surface area contributed by atoms with E-state index in [2.05, 4.69) is 10.6 Å². The van der Waals surface area contributed by atoms with Gasteiger partial charge in [-0.2, -0.15) is 0 Å². The fraction of sp³-hybridized carbons (Fsp3) is 0.182. The van der Waals surface area contributed by atoms with Crippen LogP contribution in [0.5, 0.6) is 5.75 Å². The van der Waals surface area contributed by atoms with Gasteiger partial charge < -0.3 is 19.8 Å². The molecule has 3 aromatic rings. The summed E-state index contributed by atoms with van der Waals surface area (Å²) in [5, 5.41) is 5.40. The second kappa shape index (κ2) is 10.1. The van der Waals surface area contributed by atoms with Crippen LogP contribution in [0.1, 0.15) is 21.7 Å². The van der Waals surface area contributed by atoms with E-state index in [1.807, 2.05) is 30.3 Å². The molecule has 0 saturated carbocycles. The van der Waals surface area contributed by atoms with Gasteiger partial charge in [-0.05, 0) is 35.9 Å². The summed E-state index contributed by atoms with van der Waals surface area (Å²) in [5.41, 5.74) is 1.35. The molecule has 1 aromatic heterocycles. The summed E-state index contributed by atoms with van der Waals surface area (Å²) >= 11 is 0. The van der Waals surface area contributed by atoms with E-state index in [0.717, 1.165) is 0 Å². The van der Waals surface area contributed by atoms with E-state index >= 15 is 0 Å². The molecule has 0 unspecified atom stereocenters. The number of para-hydroxylation sites is 1. The van der Waals surface area contributed by atoms with Crippen LogP contribution in [0.15, 0.2) is 71.3 Å². The molecule has 29 heavy (non-hydrogen) atoms. The van der Waals surface area contributed by atoms with Crippen LogP contribution in [-0.4, -0.2) is 24.9 Å². The van der Waals surface area contributed by atoms with Gasteiger partial charge in [0.25, 0.3) is 5.91 Å². The topological polar surface area (TPSA) is 80.6 Å². The summed E-state index contributed by atoms with van der Waals surface area (Å²) in [5.74, 6) is -0.0546. The van der Waals surface area contributed by atoms with Crippen molar-refractivity contribution in [1.82, 2.24) is 10.6 Å². The average Bonchev–Trinajstić information content (AvgIpc) is 3.21. The highest BCUT2D eigenvalue weighted by molar-refractivity contribution is 5.92. The fourth-order valence-electron chi connectivity index (χ4n) is 2.63. The van der Waals surface area contributed by atoms with E-state index in [1.54, 1.807) is 18.2 Å². The smallest absolute Gasteiger partial charge is 0.287 e. The number of halogens is 1. The maximum Gasteiger partial charge on any atom is 0.287 e. The quantitative estimate of drug-likeness (QED) is 0.545. The van der Waals surface area contributed by atoms with Crippen LogP contribution in [-0.2, 0) is 17.8 Å². The lowest BCUT2D eigenvalue weighted by Gasteiger charge is -2.08. The predicted octanol–water partition coefficient (Wildman–Crippen LogP) is 3.09. The first-order valence-electron chi connectivity index (χ1n) is 9.15. The van der Waals surface area contributed by atoms with Gasteiger partial charge in [0.15, 0.2) is 5.76 Å². The van der Waals surface area contributed by atoms with Crippen LogP contribution < -0.4 is 15.4 Å². The summed E-state index contributed by atoms with van der Waals surface area (Å²) in [7, 11) is 0. The Hall–Kier alpha value is -3.61. The number of benzene rings is 2. The molecule has 2 aromatic carbocycles. The molecular formula is C22H21FN2O4. The van der Waals surface area contributed by atoms with E-state index in [4.69, 9.17) is 9.15 Å². The Morgan fingerprint density at radius 3 is 2.41 bits per heavy atom. The summed E-state index contributed by atoms with van der Waals surface area (Å²) in [6.07, 6.45) is 1.58. The van der Waals surface area contributed by atoms with E-state index in [9.17, 15) is 14.0 Å². The molecule has 0 atom stereocenters. The van der Waals surface area contributed by atoms with Crippen LogP contribution >= 0.6 is 0 Å². The number of carbonyl (C=O) groups excluding carboxylic acids is 2. The SMILES string of the molecule is O=C(Cc1ccc(F)cc1)NCCNC(=O)c1occc1COc1ccccc1. The molecule has 0 saturated heterocycles. The molecular weight excluding hydrogens is 375 g/mol. The first-order valence-corrected chi connectivity index (χ1v) is 9.15. The Balaban J connectivity index is 1.40. The number of carbonyl (C=O) groups is 2. The van der Waals surface area contributed by atoms with Gasteiger partial charge in [-0.1, -0.05) is 30.3 Å². The lowest BCUT2D eigenvalue weighted by Crippen LogP contribution is -2.35. The van der Waals surface area contributed by atoms with Gasteiger partial charge in [0, 0.05) is 18.7 Å². The second-order valence-electron chi connectivity index (χ2n) is 6.29. The van der Waals surface area contributed by atoms with Crippen LogP contribution in [0.2, 0.25) is 0 Å². The average molecular weight is 396 g/mol. The number of amides is 2. The molecule has 2 amide bonds. The summed E-state index contributed by atoms with van der Waals surface area (Å²) in [6.45, 7) is 0.716. The Morgan fingerprint density at radius 1 is 0.931 bits per heavy atom. The minimum atomic E-state index is -0.380. The van der Waals surface area contributed by atoms with E-state index in [0.29, 0.717) is 16.9 Å². The van der Waals surface area contributed by atoms with Crippen molar-refractivity contribution in [2.24, 2.45) is 0 Å². The first-order chi connectivity index (χ1) is 14.1. The molecule has 0 aliphatic rings. The lowest BCUT2D eigenvalue weighted by atomic mass is 10.1. The number of hydrogen-bond donors (Lipinski definition) is 2. The van der Waals surface area contributed by atoms with Crippen molar-refractivity contribution in [2.45, 2.75) is 13.0 Å². The zero-order valence-electron chi connectivity index (χ0n) is 15.7. The van der Waals surface area contributed by atoms with Gasteiger partial charge in [-0.3, -0.25) is 9.59 Å². The third-order valence-electron chi connectivity index (χ3n) is 4.10. The molecule has 150 valence electrons. The lowest BCUT2D eigenvalue weighted by molar-refractivity contribution is -0.120. The zero-order chi connectivity index (χ0) is 20.5. The minimum Gasteiger partial charge on any atom is -0.489 e. The molecule has 0 radical (unpaired) electrons. The summed E-state index contributed by atoms with van der Waals surface area (Å²) in [4.78, 5) is 24.2. The van der Waals surface area contributed by atoms with Crippen molar-refractivity contribution in [3.63, 3.8) is 0 Å². The van der Waals surface area contributed by atoms with Crippen LogP contribution in [0.25, 0.3) is 0 Å². The number of nitrogens with one attached hydrogen (secondary N) is 2. The summed E-state index contributed by atoms with van der Waals surface area (Å²) in [6, 6.07) is 16.7. The van der Waals surface area contributed by atoms with Crippen LogP contribution in [0.3, 0.4) is 0 Å². The normalized spacial score (nSPS) is 10.4.